The quantitative estimate of drug-likeness (QED) is 0.161. The number of benzene rings is 3. The van der Waals surface area contributed by atoms with Gasteiger partial charge >= 0.3 is 24.0 Å². The zero-order valence-electron chi connectivity index (χ0n) is 21.0. The van der Waals surface area contributed by atoms with E-state index in [4.69, 9.17) is 16.3 Å². The van der Waals surface area contributed by atoms with Crippen molar-refractivity contribution in [1.82, 2.24) is 14.3 Å². The summed E-state index contributed by atoms with van der Waals surface area (Å²) >= 11 is 5.89. The second kappa shape index (κ2) is 11.4. The minimum atomic E-state index is -5.02. The molecule has 3 aromatic carbocycles. The number of aromatic nitrogens is 3. The van der Waals surface area contributed by atoms with E-state index in [1.54, 1.807) is 0 Å². The number of aliphatic hydroxyl groups is 1. The number of esters is 1. The predicted molar refractivity (Wildman–Crippen MR) is 136 cm³/mol. The zero-order chi connectivity index (χ0) is 30.1. The van der Waals surface area contributed by atoms with Crippen LogP contribution in [0, 0.1) is 0 Å². The summed E-state index contributed by atoms with van der Waals surface area (Å²) in [4.78, 5) is 24.8. The average Bonchev–Trinajstić information content (AvgIpc) is 3.18. The van der Waals surface area contributed by atoms with Crippen molar-refractivity contribution in [1.29, 1.82) is 0 Å². The Hall–Kier alpha value is -4.10. The molecule has 0 aliphatic carbocycles. The van der Waals surface area contributed by atoms with Crippen LogP contribution in [-0.2, 0) is 24.1 Å². The van der Waals surface area contributed by atoms with E-state index in [0.29, 0.717) is 9.59 Å². The summed E-state index contributed by atoms with van der Waals surface area (Å²) in [5.74, 6) is -1.16. The van der Waals surface area contributed by atoms with Gasteiger partial charge < -0.3 is 9.84 Å². The first-order valence-corrected chi connectivity index (χ1v) is 12.2. The Kier molecular flexibility index (Phi) is 8.31. The van der Waals surface area contributed by atoms with Crippen LogP contribution in [0.15, 0.2) is 71.5 Å². The summed E-state index contributed by atoms with van der Waals surface area (Å²) < 4.78 is 87.3. The van der Waals surface area contributed by atoms with Crippen molar-refractivity contribution in [2.45, 2.75) is 38.5 Å². The second-order valence-corrected chi connectivity index (χ2v) is 9.34. The fraction of sp³-hybridized carbons (Fsp3) is 0.222. The van der Waals surface area contributed by atoms with Gasteiger partial charge in [-0.15, -0.1) is 5.10 Å². The first kappa shape index (κ1) is 29.9. The van der Waals surface area contributed by atoms with Gasteiger partial charge in [-0.3, -0.25) is 9.36 Å². The molecule has 216 valence electrons. The summed E-state index contributed by atoms with van der Waals surface area (Å²) in [5.41, 5.74) is -1.98. The van der Waals surface area contributed by atoms with E-state index in [2.05, 4.69) is 5.10 Å². The highest BCUT2D eigenvalue weighted by Crippen LogP contribution is 2.41. The molecule has 41 heavy (non-hydrogen) atoms. The van der Waals surface area contributed by atoms with Crippen LogP contribution in [0.3, 0.4) is 0 Å². The Labute approximate surface area is 233 Å². The molecule has 1 atom stereocenters. The monoisotopic (exact) mass is 599 g/mol. The Morgan fingerprint density at radius 3 is 2.27 bits per heavy atom. The van der Waals surface area contributed by atoms with Crippen LogP contribution in [0.5, 0.6) is 5.75 Å². The van der Waals surface area contributed by atoms with Gasteiger partial charge in [0.25, 0.3) is 0 Å². The summed E-state index contributed by atoms with van der Waals surface area (Å²) in [5, 5.41) is 14.1. The van der Waals surface area contributed by atoms with E-state index in [1.807, 2.05) is 0 Å². The number of hydrogen-bond acceptors (Lipinski definition) is 5. The van der Waals surface area contributed by atoms with Crippen LogP contribution < -0.4 is 10.4 Å². The van der Waals surface area contributed by atoms with E-state index in [0.717, 1.165) is 17.7 Å². The molecule has 0 radical (unpaired) electrons. The zero-order valence-corrected chi connectivity index (χ0v) is 21.8. The average molecular weight is 600 g/mol. The topological polar surface area (TPSA) is 86.3 Å². The molecular formula is C27H20ClF6N3O4. The molecule has 0 aliphatic rings. The number of carbonyl (C=O) groups is 1. The van der Waals surface area contributed by atoms with Gasteiger partial charge in [-0.1, -0.05) is 35.9 Å². The smallest absolute Gasteiger partial charge is 0.417 e. The minimum absolute atomic E-state index is 0.108. The van der Waals surface area contributed by atoms with Crippen LogP contribution in [0.2, 0.25) is 5.02 Å². The van der Waals surface area contributed by atoms with Crippen molar-refractivity contribution in [3.05, 3.63) is 93.4 Å². The predicted octanol–water partition coefficient (Wildman–Crippen LogP) is 5.95. The molecular weight excluding hydrogens is 580 g/mol. The maximum absolute atomic E-state index is 13.8. The van der Waals surface area contributed by atoms with E-state index in [-0.39, 0.29) is 40.4 Å². The largest absolute Gasteiger partial charge is 0.426 e. The lowest BCUT2D eigenvalue weighted by Crippen LogP contribution is -2.37. The first-order valence-electron chi connectivity index (χ1n) is 11.8. The summed E-state index contributed by atoms with van der Waals surface area (Å²) in [6.45, 7) is -0.459. The highest BCUT2D eigenvalue weighted by molar-refractivity contribution is 6.30. The van der Waals surface area contributed by atoms with Crippen LogP contribution in [0.1, 0.15) is 18.1 Å². The molecule has 0 unspecified atom stereocenters. The van der Waals surface area contributed by atoms with Crippen molar-refractivity contribution in [3.63, 3.8) is 0 Å². The normalized spacial score (nSPS) is 12.8. The third-order valence-electron chi connectivity index (χ3n) is 5.91. The molecule has 14 heteroatoms. The minimum Gasteiger partial charge on any atom is -0.426 e. The number of halogens is 7. The van der Waals surface area contributed by atoms with Crippen LogP contribution in [0.25, 0.3) is 22.5 Å². The van der Waals surface area contributed by atoms with Gasteiger partial charge in [0.05, 0.1) is 18.7 Å². The van der Waals surface area contributed by atoms with Gasteiger partial charge in [0.15, 0.2) is 11.9 Å². The second-order valence-electron chi connectivity index (χ2n) is 8.91. The fourth-order valence-electron chi connectivity index (χ4n) is 4.07. The van der Waals surface area contributed by atoms with E-state index < -0.39 is 42.2 Å². The van der Waals surface area contributed by atoms with Gasteiger partial charge in [-0.05, 0) is 53.6 Å². The Balaban J connectivity index is 1.83. The lowest BCUT2D eigenvalue weighted by atomic mass is 9.96. The molecule has 0 spiro atoms. The van der Waals surface area contributed by atoms with Crippen LogP contribution >= 0.6 is 11.6 Å². The molecule has 0 aliphatic heterocycles. The molecule has 0 bridgehead atoms. The van der Waals surface area contributed by atoms with Gasteiger partial charge in [-0.2, -0.15) is 26.3 Å². The van der Waals surface area contributed by atoms with Crippen LogP contribution in [-0.4, -0.2) is 37.7 Å². The molecule has 1 N–H and O–H groups in total. The summed E-state index contributed by atoms with van der Waals surface area (Å²) in [6, 6.07) is 14.2. The maximum atomic E-state index is 13.8. The summed E-state index contributed by atoms with van der Waals surface area (Å²) in [7, 11) is 0. The Morgan fingerprint density at radius 2 is 1.66 bits per heavy atom. The molecule has 0 amide bonds. The third kappa shape index (κ3) is 6.80. The molecule has 4 aromatic rings. The SMILES string of the molecule is CC(=O)Oc1ccc(Cn2nc(-c3ccc(Cl)cc3)n(C[C@H](O)C(F)(F)F)c2=O)cc1-c1ccccc1C(F)(F)F. The van der Waals surface area contributed by atoms with Crippen molar-refractivity contribution in [3.8, 4) is 28.3 Å². The molecule has 7 nitrogen and oxygen atoms in total. The molecule has 1 heterocycles. The number of nitrogens with zero attached hydrogens (tertiary/aromatic N) is 3. The van der Waals surface area contributed by atoms with E-state index >= 15 is 0 Å². The number of carbonyl (C=O) groups excluding carboxylic acids is 1. The number of alkyl halides is 6. The Bertz CT molecular complexity index is 1630. The lowest BCUT2D eigenvalue weighted by molar-refractivity contribution is -0.207. The highest BCUT2D eigenvalue weighted by atomic mass is 35.5. The Morgan fingerprint density at radius 1 is 1.00 bits per heavy atom. The van der Waals surface area contributed by atoms with Gasteiger partial charge in [-0.25, -0.2) is 9.48 Å². The lowest BCUT2D eigenvalue weighted by Gasteiger charge is -2.16. The van der Waals surface area contributed by atoms with Crippen LogP contribution in [0.4, 0.5) is 26.3 Å². The summed E-state index contributed by atoms with van der Waals surface area (Å²) in [6.07, 6.45) is -12.6. The molecule has 0 saturated carbocycles. The maximum Gasteiger partial charge on any atom is 0.417 e. The molecule has 1 aromatic heterocycles. The first-order chi connectivity index (χ1) is 19.1. The molecule has 0 fully saturated rings. The van der Waals surface area contributed by atoms with Crippen molar-refractivity contribution >= 4 is 17.6 Å². The van der Waals surface area contributed by atoms with Crippen molar-refractivity contribution in [2.75, 3.05) is 0 Å². The van der Waals surface area contributed by atoms with E-state index in [1.165, 1.54) is 60.7 Å². The number of ether oxygens (including phenoxy) is 1. The fourth-order valence-corrected chi connectivity index (χ4v) is 4.19. The number of hydrogen-bond donors (Lipinski definition) is 1. The number of rotatable bonds is 7. The van der Waals surface area contributed by atoms with Gasteiger partial charge in [0.2, 0.25) is 0 Å². The van der Waals surface area contributed by atoms with Crippen molar-refractivity contribution < 1.29 is 41.0 Å². The molecule has 0 saturated heterocycles. The van der Waals surface area contributed by atoms with Gasteiger partial charge in [0, 0.05) is 23.1 Å². The highest BCUT2D eigenvalue weighted by Gasteiger charge is 2.39. The van der Waals surface area contributed by atoms with Gasteiger partial charge in [0.1, 0.15) is 5.75 Å². The standard InChI is InChI=1S/C27H20ClF6N3O4/c1-15(38)41-22-11-6-16(12-20(22)19-4-2-3-5-21(19)26(29,30)31)13-37-25(40)36(14-23(39)27(32,33)34)24(35-37)17-7-9-18(28)10-8-17/h2-12,23,39H,13-14H2,1H3/t23-/m0/s1. The third-order valence-corrected chi connectivity index (χ3v) is 6.16. The number of aliphatic hydroxyl groups excluding tert-OH is 1. The van der Waals surface area contributed by atoms with E-state index in [9.17, 15) is 41.0 Å². The van der Waals surface area contributed by atoms with Crippen molar-refractivity contribution in [2.24, 2.45) is 0 Å². The molecule has 4 rings (SSSR count).